The maximum atomic E-state index is 5.16. The summed E-state index contributed by atoms with van der Waals surface area (Å²) in [7, 11) is 1.63. The van der Waals surface area contributed by atoms with Gasteiger partial charge in [-0.1, -0.05) is 5.21 Å². The monoisotopic (exact) mass is 308 g/mol. The van der Waals surface area contributed by atoms with E-state index in [-0.39, 0.29) is 0 Å². The molecule has 0 radical (unpaired) electrons. The molecule has 0 bridgehead atoms. The SMILES string of the molecule is COc1ccc(-n2nnc3cnc(Nc4cn[nH]c4)nc32)cc1. The molecule has 0 aliphatic rings. The quantitative estimate of drug-likeness (QED) is 0.590. The standard InChI is InChI=1S/C14H12N8O/c1-23-11-4-2-10(3-5-11)22-13-12(20-21-22)8-15-14(19-13)18-9-6-16-17-7-9/h2-8H,1H3,(H,16,17)(H,15,18,19). The number of methoxy groups -OCH3 is 1. The van der Waals surface area contributed by atoms with E-state index in [1.165, 1.54) is 0 Å². The summed E-state index contributed by atoms with van der Waals surface area (Å²) in [5.41, 5.74) is 2.82. The minimum atomic E-state index is 0.441. The Morgan fingerprint density at radius 1 is 1.17 bits per heavy atom. The van der Waals surface area contributed by atoms with Crippen LogP contribution in [-0.4, -0.2) is 42.3 Å². The topological polar surface area (TPSA) is 106 Å². The van der Waals surface area contributed by atoms with Gasteiger partial charge < -0.3 is 10.1 Å². The van der Waals surface area contributed by atoms with Gasteiger partial charge in [-0.3, -0.25) is 5.10 Å². The van der Waals surface area contributed by atoms with Crippen molar-refractivity contribution in [2.24, 2.45) is 0 Å². The van der Waals surface area contributed by atoms with E-state index in [0.717, 1.165) is 17.1 Å². The van der Waals surface area contributed by atoms with E-state index in [4.69, 9.17) is 4.74 Å². The van der Waals surface area contributed by atoms with Gasteiger partial charge in [0.25, 0.3) is 0 Å². The molecule has 0 saturated carbocycles. The van der Waals surface area contributed by atoms with Gasteiger partial charge >= 0.3 is 0 Å². The summed E-state index contributed by atoms with van der Waals surface area (Å²) in [4.78, 5) is 8.69. The normalized spacial score (nSPS) is 10.8. The molecular formula is C14H12N8O. The molecule has 23 heavy (non-hydrogen) atoms. The van der Waals surface area contributed by atoms with Gasteiger partial charge in [0.15, 0.2) is 11.2 Å². The summed E-state index contributed by atoms with van der Waals surface area (Å²) < 4.78 is 6.81. The number of ether oxygens (including phenoxy) is 1. The van der Waals surface area contributed by atoms with Crippen molar-refractivity contribution in [3.8, 4) is 11.4 Å². The van der Waals surface area contributed by atoms with Crippen molar-refractivity contribution < 1.29 is 4.74 Å². The first kappa shape index (κ1) is 13.2. The zero-order valence-corrected chi connectivity index (χ0v) is 12.1. The summed E-state index contributed by atoms with van der Waals surface area (Å²) >= 11 is 0. The van der Waals surface area contributed by atoms with Gasteiger partial charge in [-0.15, -0.1) is 5.10 Å². The van der Waals surface area contributed by atoms with Crippen LogP contribution in [-0.2, 0) is 0 Å². The molecule has 0 aliphatic carbocycles. The van der Waals surface area contributed by atoms with E-state index in [1.807, 2.05) is 24.3 Å². The lowest BCUT2D eigenvalue weighted by atomic mass is 10.3. The second kappa shape index (κ2) is 5.37. The molecule has 4 aromatic rings. The second-order valence-corrected chi connectivity index (χ2v) is 4.71. The largest absolute Gasteiger partial charge is 0.497 e. The highest BCUT2D eigenvalue weighted by Gasteiger charge is 2.10. The number of benzene rings is 1. The van der Waals surface area contributed by atoms with Gasteiger partial charge in [0, 0.05) is 6.20 Å². The zero-order valence-electron chi connectivity index (χ0n) is 12.1. The Hall–Kier alpha value is -3.49. The highest BCUT2D eigenvalue weighted by Crippen LogP contribution is 2.19. The number of fused-ring (bicyclic) bond motifs is 1. The van der Waals surface area contributed by atoms with Gasteiger partial charge in [-0.25, -0.2) is 4.98 Å². The average molecular weight is 308 g/mol. The number of aromatic nitrogens is 7. The smallest absolute Gasteiger partial charge is 0.229 e. The highest BCUT2D eigenvalue weighted by molar-refractivity contribution is 5.72. The second-order valence-electron chi connectivity index (χ2n) is 4.71. The molecule has 9 nitrogen and oxygen atoms in total. The van der Waals surface area contributed by atoms with Crippen molar-refractivity contribution in [1.29, 1.82) is 0 Å². The van der Waals surface area contributed by atoms with Gasteiger partial charge in [0.05, 0.1) is 30.9 Å². The Morgan fingerprint density at radius 3 is 2.78 bits per heavy atom. The molecular weight excluding hydrogens is 296 g/mol. The minimum absolute atomic E-state index is 0.441. The fourth-order valence-electron chi connectivity index (χ4n) is 2.13. The van der Waals surface area contributed by atoms with Crippen molar-refractivity contribution >= 4 is 22.8 Å². The van der Waals surface area contributed by atoms with Gasteiger partial charge in [-0.05, 0) is 24.3 Å². The van der Waals surface area contributed by atoms with Crippen LogP contribution < -0.4 is 10.1 Å². The number of anilines is 2. The molecule has 0 aliphatic heterocycles. The Bertz CT molecular complexity index is 929. The molecule has 3 heterocycles. The van der Waals surface area contributed by atoms with Crippen LogP contribution in [0.15, 0.2) is 42.9 Å². The molecule has 9 heteroatoms. The van der Waals surface area contributed by atoms with E-state index in [0.29, 0.717) is 17.1 Å². The fraction of sp³-hybridized carbons (Fsp3) is 0.0714. The molecule has 3 aromatic heterocycles. The van der Waals surface area contributed by atoms with Gasteiger partial charge in [0.2, 0.25) is 5.95 Å². The lowest BCUT2D eigenvalue weighted by Gasteiger charge is -2.04. The Balaban J connectivity index is 1.74. The summed E-state index contributed by atoms with van der Waals surface area (Å²) in [5, 5.41) is 17.9. The van der Waals surface area contributed by atoms with E-state index < -0.39 is 0 Å². The predicted molar refractivity (Wildman–Crippen MR) is 82.9 cm³/mol. The van der Waals surface area contributed by atoms with Crippen LogP contribution in [0.25, 0.3) is 16.9 Å². The number of hydrogen-bond donors (Lipinski definition) is 2. The fourth-order valence-corrected chi connectivity index (χ4v) is 2.13. The molecule has 114 valence electrons. The Kier molecular flexibility index (Phi) is 3.08. The lowest BCUT2D eigenvalue weighted by molar-refractivity contribution is 0.414. The highest BCUT2D eigenvalue weighted by atomic mass is 16.5. The molecule has 0 spiro atoms. The average Bonchev–Trinajstić information content (AvgIpc) is 3.24. The predicted octanol–water partition coefficient (Wildman–Crippen LogP) is 1.69. The summed E-state index contributed by atoms with van der Waals surface area (Å²) in [5.74, 6) is 1.21. The first-order valence-corrected chi connectivity index (χ1v) is 6.82. The summed E-state index contributed by atoms with van der Waals surface area (Å²) in [6, 6.07) is 7.49. The molecule has 0 fully saturated rings. The Labute approximate surface area is 130 Å². The van der Waals surface area contributed by atoms with Crippen LogP contribution in [0.3, 0.4) is 0 Å². The van der Waals surface area contributed by atoms with Crippen LogP contribution in [0.5, 0.6) is 5.75 Å². The maximum absolute atomic E-state index is 5.16. The van der Waals surface area contributed by atoms with Crippen molar-refractivity contribution in [2.75, 3.05) is 12.4 Å². The van der Waals surface area contributed by atoms with Crippen LogP contribution in [0.4, 0.5) is 11.6 Å². The lowest BCUT2D eigenvalue weighted by Crippen LogP contribution is -2.01. The number of hydrogen-bond acceptors (Lipinski definition) is 7. The van der Waals surface area contributed by atoms with Gasteiger partial charge in [0.1, 0.15) is 5.75 Å². The third-order valence-electron chi connectivity index (χ3n) is 3.26. The number of rotatable bonds is 4. The van der Waals surface area contributed by atoms with E-state index >= 15 is 0 Å². The van der Waals surface area contributed by atoms with Crippen molar-refractivity contribution in [3.63, 3.8) is 0 Å². The molecule has 0 saturated heterocycles. The van der Waals surface area contributed by atoms with Crippen molar-refractivity contribution in [2.45, 2.75) is 0 Å². The molecule has 2 N–H and O–H groups in total. The number of H-pyrrole nitrogens is 1. The minimum Gasteiger partial charge on any atom is -0.497 e. The third kappa shape index (κ3) is 2.44. The van der Waals surface area contributed by atoms with Crippen molar-refractivity contribution in [1.82, 2.24) is 35.2 Å². The van der Waals surface area contributed by atoms with Crippen LogP contribution in [0, 0.1) is 0 Å². The Morgan fingerprint density at radius 2 is 2.04 bits per heavy atom. The molecule has 0 atom stereocenters. The maximum Gasteiger partial charge on any atom is 0.229 e. The van der Waals surface area contributed by atoms with E-state index in [9.17, 15) is 0 Å². The summed E-state index contributed by atoms with van der Waals surface area (Å²) in [6.07, 6.45) is 4.98. The molecule has 4 rings (SSSR count). The molecule has 0 amide bonds. The molecule has 1 aromatic carbocycles. The van der Waals surface area contributed by atoms with Crippen LogP contribution in [0.2, 0.25) is 0 Å². The number of nitrogens with one attached hydrogen (secondary N) is 2. The first-order chi connectivity index (χ1) is 11.3. The van der Waals surface area contributed by atoms with E-state index in [1.54, 1.807) is 30.4 Å². The number of aromatic amines is 1. The number of nitrogens with zero attached hydrogens (tertiary/aromatic N) is 6. The van der Waals surface area contributed by atoms with Crippen LogP contribution >= 0.6 is 0 Å². The first-order valence-electron chi connectivity index (χ1n) is 6.82. The van der Waals surface area contributed by atoms with Crippen molar-refractivity contribution in [3.05, 3.63) is 42.9 Å². The summed E-state index contributed by atoms with van der Waals surface area (Å²) in [6.45, 7) is 0. The zero-order chi connectivity index (χ0) is 15.6. The van der Waals surface area contributed by atoms with Crippen LogP contribution in [0.1, 0.15) is 0 Å². The third-order valence-corrected chi connectivity index (χ3v) is 3.26. The van der Waals surface area contributed by atoms with Gasteiger partial charge in [-0.2, -0.15) is 14.8 Å². The molecule has 0 unspecified atom stereocenters. The van der Waals surface area contributed by atoms with E-state index in [2.05, 4.69) is 35.8 Å².